The summed E-state index contributed by atoms with van der Waals surface area (Å²) in [6, 6.07) is 0. The van der Waals surface area contributed by atoms with Crippen LogP contribution in [0.5, 0.6) is 0 Å². The van der Waals surface area contributed by atoms with Gasteiger partial charge in [0.15, 0.2) is 11.5 Å². The lowest BCUT2D eigenvalue weighted by atomic mass is 10.1. The van der Waals surface area contributed by atoms with Gasteiger partial charge in [-0.1, -0.05) is 0 Å². The largest absolute Gasteiger partial charge is 0.393 e. The fraction of sp³-hybridized carbons (Fsp3) is 0.375. The first kappa shape index (κ1) is 13.7. The maximum atomic E-state index is 9.68. The molecule has 3 aromatic heterocycles. The number of hydrogen-bond donors (Lipinski definition) is 1. The Morgan fingerprint density at radius 2 is 2.05 bits per heavy atom. The normalized spacial score (nSPS) is 16.5. The predicted octanol–water partition coefficient (Wildman–Crippen LogP) is 2.73. The second-order valence-corrected chi connectivity index (χ2v) is 6.52. The van der Waals surface area contributed by atoms with E-state index in [-0.39, 0.29) is 6.10 Å². The molecular weight excluding hydrogens is 296 g/mol. The Morgan fingerprint density at radius 1 is 1.23 bits per heavy atom. The molecule has 0 spiro atoms. The van der Waals surface area contributed by atoms with E-state index in [2.05, 4.69) is 37.0 Å². The maximum Gasteiger partial charge on any atom is 0.180 e. The highest BCUT2D eigenvalue weighted by atomic mass is 32.1. The third kappa shape index (κ3) is 2.19. The van der Waals surface area contributed by atoms with Gasteiger partial charge in [0.2, 0.25) is 0 Å². The summed E-state index contributed by atoms with van der Waals surface area (Å²) in [5.74, 6) is 0.911. The van der Waals surface area contributed by atoms with Gasteiger partial charge in [0.1, 0.15) is 0 Å². The van der Waals surface area contributed by atoms with Gasteiger partial charge in [0, 0.05) is 36.4 Å². The smallest absolute Gasteiger partial charge is 0.180 e. The number of nitrogens with zero attached hydrogens (tertiary/aromatic N) is 4. The molecule has 0 radical (unpaired) electrons. The Balaban J connectivity index is 1.79. The summed E-state index contributed by atoms with van der Waals surface area (Å²) < 4.78 is 2.11. The standard InChI is InChI=1S/C16H18N4OS/c1-11-9-22-10-13(11)14-8-18-16-15(17-4-7-20(14)16)19-5-2-12(21)3-6-19/h4,7-10,12,21H,2-3,5-6H2,1H3. The van der Waals surface area contributed by atoms with Crippen molar-refractivity contribution in [2.75, 3.05) is 18.0 Å². The molecule has 0 aliphatic carbocycles. The Bertz CT molecular complexity index is 801. The fourth-order valence-corrected chi connectivity index (χ4v) is 3.87. The fourth-order valence-electron chi connectivity index (χ4n) is 3.03. The Hall–Kier alpha value is -1.92. The lowest BCUT2D eigenvalue weighted by Gasteiger charge is -2.30. The Labute approximate surface area is 132 Å². The van der Waals surface area contributed by atoms with Gasteiger partial charge in [-0.25, -0.2) is 9.97 Å². The lowest BCUT2D eigenvalue weighted by molar-refractivity contribution is 0.145. The van der Waals surface area contributed by atoms with Crippen LogP contribution in [-0.4, -0.2) is 38.7 Å². The van der Waals surface area contributed by atoms with Crippen LogP contribution in [-0.2, 0) is 0 Å². The van der Waals surface area contributed by atoms with Crippen molar-refractivity contribution < 1.29 is 5.11 Å². The number of anilines is 1. The Kier molecular flexibility index (Phi) is 3.35. The molecule has 1 saturated heterocycles. The molecule has 1 N–H and O–H groups in total. The van der Waals surface area contributed by atoms with Gasteiger partial charge >= 0.3 is 0 Å². The van der Waals surface area contributed by atoms with Crippen molar-refractivity contribution in [1.82, 2.24) is 14.4 Å². The summed E-state index contributed by atoms with van der Waals surface area (Å²) in [5.41, 5.74) is 4.49. The number of aliphatic hydroxyl groups is 1. The van der Waals surface area contributed by atoms with Crippen molar-refractivity contribution in [2.24, 2.45) is 0 Å². The molecule has 1 aliphatic heterocycles. The molecule has 4 heterocycles. The summed E-state index contributed by atoms with van der Waals surface area (Å²) in [7, 11) is 0. The molecule has 6 heteroatoms. The molecule has 1 aliphatic rings. The molecule has 0 unspecified atom stereocenters. The highest BCUT2D eigenvalue weighted by Crippen LogP contribution is 2.30. The quantitative estimate of drug-likeness (QED) is 0.790. The van der Waals surface area contributed by atoms with E-state index in [0.29, 0.717) is 0 Å². The molecule has 0 atom stereocenters. The average molecular weight is 314 g/mol. The number of aromatic nitrogens is 3. The number of fused-ring (bicyclic) bond motifs is 1. The highest BCUT2D eigenvalue weighted by Gasteiger charge is 2.21. The van der Waals surface area contributed by atoms with Gasteiger partial charge in [-0.15, -0.1) is 0 Å². The number of thiophene rings is 1. The first-order valence-corrected chi connectivity index (χ1v) is 8.46. The zero-order valence-electron chi connectivity index (χ0n) is 12.4. The van der Waals surface area contributed by atoms with Gasteiger partial charge in [0.05, 0.1) is 18.0 Å². The second kappa shape index (κ2) is 5.37. The molecule has 1 fully saturated rings. The number of hydrogen-bond acceptors (Lipinski definition) is 5. The SMILES string of the molecule is Cc1cscc1-c1cnc2c(N3CCC(O)CC3)nccn12. The van der Waals surface area contributed by atoms with Gasteiger partial charge in [-0.3, -0.25) is 4.40 Å². The Morgan fingerprint density at radius 3 is 2.77 bits per heavy atom. The van der Waals surface area contributed by atoms with Crippen molar-refractivity contribution in [3.63, 3.8) is 0 Å². The van der Waals surface area contributed by atoms with Crippen LogP contribution in [0.4, 0.5) is 5.82 Å². The first-order valence-electron chi connectivity index (χ1n) is 7.52. The van der Waals surface area contributed by atoms with E-state index in [1.165, 1.54) is 11.1 Å². The highest BCUT2D eigenvalue weighted by molar-refractivity contribution is 7.08. The minimum Gasteiger partial charge on any atom is -0.393 e. The minimum atomic E-state index is -0.181. The lowest BCUT2D eigenvalue weighted by Crippen LogP contribution is -2.36. The van der Waals surface area contributed by atoms with E-state index in [1.807, 2.05) is 18.6 Å². The molecule has 0 bridgehead atoms. The number of piperidine rings is 1. The molecule has 0 amide bonds. The van der Waals surface area contributed by atoms with Gasteiger partial charge < -0.3 is 10.0 Å². The summed E-state index contributed by atoms with van der Waals surface area (Å²) in [6.07, 6.45) is 7.13. The van der Waals surface area contributed by atoms with Gasteiger partial charge in [-0.05, 0) is 30.7 Å². The number of aliphatic hydroxyl groups excluding tert-OH is 1. The summed E-state index contributed by atoms with van der Waals surface area (Å²) in [5, 5.41) is 14.0. The molecular formula is C16H18N4OS. The summed E-state index contributed by atoms with van der Waals surface area (Å²) in [6.45, 7) is 3.78. The zero-order chi connectivity index (χ0) is 15.1. The molecule has 22 heavy (non-hydrogen) atoms. The third-order valence-electron chi connectivity index (χ3n) is 4.30. The van der Waals surface area contributed by atoms with Crippen molar-refractivity contribution in [3.8, 4) is 11.3 Å². The first-order chi connectivity index (χ1) is 10.7. The van der Waals surface area contributed by atoms with E-state index in [4.69, 9.17) is 0 Å². The second-order valence-electron chi connectivity index (χ2n) is 5.77. The van der Waals surface area contributed by atoms with Gasteiger partial charge in [-0.2, -0.15) is 11.3 Å². The van der Waals surface area contributed by atoms with Crippen molar-refractivity contribution in [2.45, 2.75) is 25.9 Å². The van der Waals surface area contributed by atoms with Crippen LogP contribution in [0.2, 0.25) is 0 Å². The minimum absolute atomic E-state index is 0.181. The van der Waals surface area contributed by atoms with E-state index in [1.54, 1.807) is 11.3 Å². The molecule has 4 rings (SSSR count). The van der Waals surface area contributed by atoms with Crippen LogP contribution < -0.4 is 4.90 Å². The number of aryl methyl sites for hydroxylation is 1. The number of rotatable bonds is 2. The zero-order valence-corrected chi connectivity index (χ0v) is 13.3. The molecule has 3 aromatic rings. The molecule has 0 aromatic carbocycles. The monoisotopic (exact) mass is 314 g/mol. The predicted molar refractivity (Wildman–Crippen MR) is 88.5 cm³/mol. The van der Waals surface area contributed by atoms with Crippen LogP contribution in [0.25, 0.3) is 16.9 Å². The average Bonchev–Trinajstić information content (AvgIpc) is 3.13. The van der Waals surface area contributed by atoms with Crippen LogP contribution in [0.15, 0.2) is 29.4 Å². The maximum absolute atomic E-state index is 9.68. The van der Waals surface area contributed by atoms with Crippen LogP contribution in [0.1, 0.15) is 18.4 Å². The molecule has 5 nitrogen and oxygen atoms in total. The summed E-state index contributed by atoms with van der Waals surface area (Å²) >= 11 is 1.71. The van der Waals surface area contributed by atoms with Gasteiger partial charge in [0.25, 0.3) is 0 Å². The molecule has 114 valence electrons. The van der Waals surface area contributed by atoms with E-state index in [0.717, 1.165) is 43.1 Å². The number of imidazole rings is 1. The molecule has 0 saturated carbocycles. The van der Waals surface area contributed by atoms with Crippen LogP contribution >= 0.6 is 11.3 Å². The van der Waals surface area contributed by atoms with Crippen LogP contribution in [0, 0.1) is 6.92 Å². The van der Waals surface area contributed by atoms with E-state index < -0.39 is 0 Å². The van der Waals surface area contributed by atoms with Crippen molar-refractivity contribution in [3.05, 3.63) is 34.9 Å². The van der Waals surface area contributed by atoms with E-state index >= 15 is 0 Å². The van der Waals surface area contributed by atoms with Crippen molar-refractivity contribution in [1.29, 1.82) is 0 Å². The van der Waals surface area contributed by atoms with E-state index in [9.17, 15) is 5.11 Å². The topological polar surface area (TPSA) is 53.7 Å². The summed E-state index contributed by atoms with van der Waals surface area (Å²) in [4.78, 5) is 11.4. The van der Waals surface area contributed by atoms with Crippen LogP contribution in [0.3, 0.4) is 0 Å². The third-order valence-corrected chi connectivity index (χ3v) is 5.17. The van der Waals surface area contributed by atoms with Crippen molar-refractivity contribution >= 4 is 22.8 Å².